The van der Waals surface area contributed by atoms with E-state index >= 15 is 0 Å². The van der Waals surface area contributed by atoms with Crippen LogP contribution in [0.1, 0.15) is 39.2 Å². The molecule has 0 aromatic heterocycles. The van der Waals surface area contributed by atoms with Gasteiger partial charge in [0.1, 0.15) is 5.82 Å². The lowest BCUT2D eigenvalue weighted by Gasteiger charge is -2.26. The molecule has 0 heterocycles. The van der Waals surface area contributed by atoms with Crippen LogP contribution >= 0.6 is 0 Å². The van der Waals surface area contributed by atoms with E-state index in [1.807, 2.05) is 19.9 Å². The van der Waals surface area contributed by atoms with Crippen LogP contribution < -0.4 is 10.6 Å². The number of hydrogen-bond acceptors (Lipinski definition) is 3. The van der Waals surface area contributed by atoms with Gasteiger partial charge in [-0.05, 0) is 31.0 Å². The normalized spacial score (nSPS) is 12.0. The number of halogens is 1. The first-order valence-electron chi connectivity index (χ1n) is 8.25. The first kappa shape index (κ1) is 19.9. The fourth-order valence-corrected chi connectivity index (χ4v) is 2.21. The van der Waals surface area contributed by atoms with Gasteiger partial charge in [-0.15, -0.1) is 0 Å². The van der Waals surface area contributed by atoms with Crippen LogP contribution in [0.25, 0.3) is 0 Å². The number of ether oxygens (including phenoxy) is 1. The van der Waals surface area contributed by atoms with E-state index in [1.54, 1.807) is 26.1 Å². The lowest BCUT2D eigenvalue weighted by molar-refractivity contribution is -0.143. The summed E-state index contributed by atoms with van der Waals surface area (Å²) in [5, 5.41) is 6.40. The van der Waals surface area contributed by atoms with Gasteiger partial charge < -0.3 is 15.4 Å². The van der Waals surface area contributed by atoms with E-state index in [9.17, 15) is 9.18 Å². The van der Waals surface area contributed by atoms with Crippen LogP contribution in [0, 0.1) is 5.82 Å². The van der Waals surface area contributed by atoms with E-state index < -0.39 is 0 Å². The summed E-state index contributed by atoms with van der Waals surface area (Å²) < 4.78 is 18.3. The average Bonchev–Trinajstić information content (AvgIpc) is 2.54. The highest BCUT2D eigenvalue weighted by molar-refractivity contribution is 5.79. The van der Waals surface area contributed by atoms with Crippen molar-refractivity contribution >= 4 is 11.9 Å². The second-order valence-electron chi connectivity index (χ2n) is 6.16. The van der Waals surface area contributed by atoms with Crippen molar-refractivity contribution in [1.29, 1.82) is 0 Å². The van der Waals surface area contributed by atoms with E-state index in [-0.39, 0.29) is 17.2 Å². The minimum Gasteiger partial charge on any atom is -0.466 e. The summed E-state index contributed by atoms with van der Waals surface area (Å²) in [7, 11) is 1.69. The highest BCUT2D eigenvalue weighted by Crippen LogP contribution is 2.22. The number of benzene rings is 1. The van der Waals surface area contributed by atoms with Crippen molar-refractivity contribution < 1.29 is 13.9 Å². The second-order valence-corrected chi connectivity index (χ2v) is 6.16. The standard InChI is InChI=1S/C18H28FN3O2/c1-5-24-16(23)10-7-11-21-17(20-4)22-13-18(2,3)14-8-6-9-15(19)12-14/h6,8-9,12H,5,7,10-11,13H2,1-4H3,(H2,20,21,22). The molecule has 5 nitrogen and oxygen atoms in total. The molecular weight excluding hydrogens is 309 g/mol. The third-order valence-corrected chi connectivity index (χ3v) is 3.68. The zero-order valence-electron chi connectivity index (χ0n) is 15.0. The molecule has 0 aliphatic carbocycles. The fourth-order valence-electron chi connectivity index (χ4n) is 2.21. The summed E-state index contributed by atoms with van der Waals surface area (Å²) in [5.41, 5.74) is 0.678. The van der Waals surface area contributed by atoms with E-state index in [1.165, 1.54) is 6.07 Å². The minimum absolute atomic E-state index is 0.186. The lowest BCUT2D eigenvalue weighted by atomic mass is 9.84. The molecule has 0 atom stereocenters. The summed E-state index contributed by atoms with van der Waals surface area (Å²) >= 11 is 0. The van der Waals surface area contributed by atoms with Gasteiger partial charge in [-0.25, -0.2) is 4.39 Å². The maximum absolute atomic E-state index is 13.4. The summed E-state index contributed by atoms with van der Waals surface area (Å²) in [5.74, 6) is 0.236. The van der Waals surface area contributed by atoms with Gasteiger partial charge >= 0.3 is 5.97 Å². The molecule has 1 aromatic carbocycles. The Bertz CT molecular complexity index is 559. The molecule has 24 heavy (non-hydrogen) atoms. The quantitative estimate of drug-likeness (QED) is 0.331. The minimum atomic E-state index is -0.245. The smallest absolute Gasteiger partial charge is 0.305 e. The topological polar surface area (TPSA) is 62.7 Å². The van der Waals surface area contributed by atoms with Gasteiger partial charge in [0.25, 0.3) is 0 Å². The maximum atomic E-state index is 13.4. The van der Waals surface area contributed by atoms with E-state index in [0.29, 0.717) is 38.5 Å². The molecule has 0 saturated heterocycles. The molecule has 0 bridgehead atoms. The summed E-state index contributed by atoms with van der Waals surface area (Å²) in [4.78, 5) is 15.4. The van der Waals surface area contributed by atoms with Gasteiger partial charge in [0.05, 0.1) is 6.61 Å². The molecular formula is C18H28FN3O2. The molecule has 134 valence electrons. The molecule has 0 saturated carbocycles. The Morgan fingerprint density at radius 1 is 1.33 bits per heavy atom. The first-order valence-corrected chi connectivity index (χ1v) is 8.25. The SMILES string of the molecule is CCOC(=O)CCCNC(=NC)NCC(C)(C)c1cccc(F)c1. The van der Waals surface area contributed by atoms with Crippen LogP contribution in [0.2, 0.25) is 0 Å². The maximum Gasteiger partial charge on any atom is 0.305 e. The van der Waals surface area contributed by atoms with Crippen molar-refractivity contribution in [3.63, 3.8) is 0 Å². The molecule has 0 radical (unpaired) electrons. The summed E-state index contributed by atoms with van der Waals surface area (Å²) in [6.45, 7) is 7.52. The van der Waals surface area contributed by atoms with Gasteiger partial charge in [-0.1, -0.05) is 26.0 Å². The Hall–Kier alpha value is -2.11. The van der Waals surface area contributed by atoms with Crippen LogP contribution in [0.4, 0.5) is 4.39 Å². The Labute approximate surface area is 143 Å². The van der Waals surface area contributed by atoms with Crippen LogP contribution in [-0.2, 0) is 14.9 Å². The van der Waals surface area contributed by atoms with Crippen molar-refractivity contribution in [2.24, 2.45) is 4.99 Å². The fraction of sp³-hybridized carbons (Fsp3) is 0.556. The van der Waals surface area contributed by atoms with Gasteiger partial charge in [0.2, 0.25) is 0 Å². The number of nitrogens with one attached hydrogen (secondary N) is 2. The van der Waals surface area contributed by atoms with Gasteiger partial charge in [-0.3, -0.25) is 9.79 Å². The molecule has 6 heteroatoms. The number of aliphatic imine (C=N–C) groups is 1. The van der Waals surface area contributed by atoms with Crippen molar-refractivity contribution in [3.05, 3.63) is 35.6 Å². The van der Waals surface area contributed by atoms with E-state index in [4.69, 9.17) is 4.74 Å². The van der Waals surface area contributed by atoms with Gasteiger partial charge in [-0.2, -0.15) is 0 Å². The van der Waals surface area contributed by atoms with Gasteiger partial charge in [0, 0.05) is 32.0 Å². The van der Waals surface area contributed by atoms with Gasteiger partial charge in [0.15, 0.2) is 5.96 Å². The second kappa shape index (κ2) is 9.90. The van der Waals surface area contributed by atoms with Crippen LogP contribution in [0.5, 0.6) is 0 Å². The Morgan fingerprint density at radius 2 is 2.08 bits per heavy atom. The third kappa shape index (κ3) is 6.98. The molecule has 0 unspecified atom stereocenters. The molecule has 0 amide bonds. The predicted octanol–water partition coefficient (Wildman–Crippen LogP) is 2.61. The number of hydrogen-bond donors (Lipinski definition) is 2. The van der Waals surface area contributed by atoms with Crippen molar-refractivity contribution in [1.82, 2.24) is 10.6 Å². The number of carbonyl (C=O) groups excluding carboxylic acids is 1. The number of carbonyl (C=O) groups is 1. The number of esters is 1. The van der Waals surface area contributed by atoms with Crippen molar-refractivity contribution in [3.8, 4) is 0 Å². The first-order chi connectivity index (χ1) is 11.4. The van der Waals surface area contributed by atoms with Crippen LogP contribution in [-0.4, -0.2) is 38.7 Å². The average molecular weight is 337 g/mol. The molecule has 1 aromatic rings. The number of nitrogens with zero attached hydrogens (tertiary/aromatic N) is 1. The zero-order chi connectivity index (χ0) is 18.0. The highest BCUT2D eigenvalue weighted by Gasteiger charge is 2.21. The molecule has 0 spiro atoms. The molecule has 1 rings (SSSR count). The molecule has 0 fully saturated rings. The van der Waals surface area contributed by atoms with Crippen LogP contribution in [0.15, 0.2) is 29.3 Å². The monoisotopic (exact) mass is 337 g/mol. The number of rotatable bonds is 8. The van der Waals surface area contributed by atoms with Crippen molar-refractivity contribution in [2.45, 2.75) is 39.0 Å². The highest BCUT2D eigenvalue weighted by atomic mass is 19.1. The zero-order valence-corrected chi connectivity index (χ0v) is 15.0. The Morgan fingerprint density at radius 3 is 2.71 bits per heavy atom. The van der Waals surface area contributed by atoms with Crippen molar-refractivity contribution in [2.75, 3.05) is 26.7 Å². The molecule has 0 aliphatic rings. The Kier molecular flexibility index (Phi) is 8.22. The molecule has 2 N–H and O–H groups in total. The molecule has 0 aliphatic heterocycles. The van der Waals surface area contributed by atoms with E-state index in [0.717, 1.165) is 5.56 Å². The largest absolute Gasteiger partial charge is 0.466 e. The summed E-state index contributed by atoms with van der Waals surface area (Å²) in [6, 6.07) is 6.63. The summed E-state index contributed by atoms with van der Waals surface area (Å²) in [6.07, 6.45) is 1.06. The Balaban J connectivity index is 2.42. The predicted molar refractivity (Wildman–Crippen MR) is 94.7 cm³/mol. The van der Waals surface area contributed by atoms with E-state index in [2.05, 4.69) is 15.6 Å². The van der Waals surface area contributed by atoms with Crippen LogP contribution in [0.3, 0.4) is 0 Å². The number of guanidine groups is 1. The lowest BCUT2D eigenvalue weighted by Crippen LogP contribution is -2.43. The third-order valence-electron chi connectivity index (χ3n) is 3.68.